The molecule has 2 heterocycles. The Labute approximate surface area is 175 Å². The highest BCUT2D eigenvalue weighted by molar-refractivity contribution is 6.04. The van der Waals surface area contributed by atoms with Gasteiger partial charge in [-0.1, -0.05) is 32.0 Å². The summed E-state index contributed by atoms with van der Waals surface area (Å²) in [6, 6.07) is 13.0. The number of amides is 3. The van der Waals surface area contributed by atoms with Crippen LogP contribution in [0.1, 0.15) is 38.2 Å². The lowest BCUT2D eigenvalue weighted by Crippen LogP contribution is -2.29. The second-order valence-electron chi connectivity index (χ2n) is 7.81. The number of nitrogens with one attached hydrogen (secondary N) is 2. The Bertz CT molecular complexity index is 1000. The first-order chi connectivity index (χ1) is 14.5. The molecule has 0 spiro atoms. The Balaban J connectivity index is 1.48. The molecular weight excluding hydrogens is 382 g/mol. The maximum Gasteiger partial charge on any atom is 0.262 e. The maximum atomic E-state index is 12.8. The van der Waals surface area contributed by atoms with E-state index in [-0.39, 0.29) is 30.7 Å². The van der Waals surface area contributed by atoms with Gasteiger partial charge in [0.1, 0.15) is 5.75 Å². The molecule has 0 aromatic heterocycles. The molecule has 4 rings (SSSR count). The van der Waals surface area contributed by atoms with Crippen molar-refractivity contribution in [2.24, 2.45) is 5.92 Å². The molecule has 3 amide bonds. The highest BCUT2D eigenvalue weighted by Crippen LogP contribution is 2.34. The van der Waals surface area contributed by atoms with E-state index in [0.717, 1.165) is 17.7 Å². The molecule has 156 valence electrons. The SMILES string of the molecule is CCC(C)c1ccccc1N1CC(C(=O)Nc2ccc3c(c2)NC(=O)CO3)CC1=O. The summed E-state index contributed by atoms with van der Waals surface area (Å²) in [6.45, 7) is 4.59. The lowest BCUT2D eigenvalue weighted by Gasteiger charge is -2.23. The number of carbonyl (C=O) groups excluding carboxylic acids is 3. The zero-order chi connectivity index (χ0) is 21.3. The summed E-state index contributed by atoms with van der Waals surface area (Å²) >= 11 is 0. The number of fused-ring (bicyclic) bond motifs is 1. The average molecular weight is 407 g/mol. The summed E-state index contributed by atoms with van der Waals surface area (Å²) in [7, 11) is 0. The Kier molecular flexibility index (Phi) is 5.44. The molecule has 2 aliphatic heterocycles. The third kappa shape index (κ3) is 3.87. The Morgan fingerprint density at radius 3 is 2.87 bits per heavy atom. The quantitative estimate of drug-likeness (QED) is 0.794. The van der Waals surface area contributed by atoms with Gasteiger partial charge in [-0.15, -0.1) is 0 Å². The molecule has 2 aromatic carbocycles. The fourth-order valence-electron chi connectivity index (χ4n) is 3.89. The van der Waals surface area contributed by atoms with Gasteiger partial charge in [0.2, 0.25) is 11.8 Å². The lowest BCUT2D eigenvalue weighted by molar-refractivity contribution is -0.122. The third-order valence-electron chi connectivity index (χ3n) is 5.75. The van der Waals surface area contributed by atoms with Gasteiger partial charge in [-0.05, 0) is 42.2 Å². The summed E-state index contributed by atoms with van der Waals surface area (Å²) in [6.07, 6.45) is 1.15. The molecule has 0 radical (unpaired) electrons. The molecule has 1 fully saturated rings. The summed E-state index contributed by atoms with van der Waals surface area (Å²) in [5.74, 6) is -0.0366. The number of para-hydroxylation sites is 1. The lowest BCUT2D eigenvalue weighted by atomic mass is 9.96. The van der Waals surface area contributed by atoms with Crippen molar-refractivity contribution in [3.8, 4) is 5.75 Å². The van der Waals surface area contributed by atoms with Crippen LogP contribution in [0, 0.1) is 5.92 Å². The summed E-state index contributed by atoms with van der Waals surface area (Å²) in [4.78, 5) is 38.8. The standard InChI is InChI=1S/C23H25N3O4/c1-3-14(2)17-6-4-5-7-19(17)26-12-15(10-22(26)28)23(29)24-16-8-9-20-18(11-16)25-21(27)13-30-20/h4-9,11,14-15H,3,10,12-13H2,1-2H3,(H,24,29)(H,25,27). The fraction of sp³-hybridized carbons (Fsp3) is 0.348. The Morgan fingerprint density at radius 1 is 1.27 bits per heavy atom. The minimum atomic E-state index is -0.440. The van der Waals surface area contributed by atoms with Crippen LogP contribution < -0.4 is 20.3 Å². The fourth-order valence-corrected chi connectivity index (χ4v) is 3.89. The van der Waals surface area contributed by atoms with Gasteiger partial charge in [-0.2, -0.15) is 0 Å². The predicted molar refractivity (Wildman–Crippen MR) is 115 cm³/mol. The van der Waals surface area contributed by atoms with Crippen LogP contribution in [0.25, 0.3) is 0 Å². The van der Waals surface area contributed by atoms with Crippen LogP contribution in [0.2, 0.25) is 0 Å². The first kappa shape index (κ1) is 19.9. The molecule has 2 N–H and O–H groups in total. The number of hydrogen-bond donors (Lipinski definition) is 2. The highest BCUT2D eigenvalue weighted by atomic mass is 16.5. The van der Waals surface area contributed by atoms with E-state index in [0.29, 0.717) is 29.6 Å². The second-order valence-corrected chi connectivity index (χ2v) is 7.81. The van der Waals surface area contributed by atoms with Crippen molar-refractivity contribution in [1.29, 1.82) is 0 Å². The third-order valence-corrected chi connectivity index (χ3v) is 5.75. The van der Waals surface area contributed by atoms with Crippen molar-refractivity contribution in [2.75, 3.05) is 28.7 Å². The number of anilines is 3. The van der Waals surface area contributed by atoms with Crippen LogP contribution in [0.15, 0.2) is 42.5 Å². The van der Waals surface area contributed by atoms with Crippen LogP contribution in [0.3, 0.4) is 0 Å². The average Bonchev–Trinajstić information content (AvgIpc) is 3.14. The summed E-state index contributed by atoms with van der Waals surface area (Å²) in [5, 5.41) is 5.59. The molecule has 2 aliphatic rings. The minimum Gasteiger partial charge on any atom is -0.482 e. The van der Waals surface area contributed by atoms with Gasteiger partial charge in [0.15, 0.2) is 6.61 Å². The molecular formula is C23H25N3O4. The number of ether oxygens (including phenoxy) is 1. The molecule has 7 nitrogen and oxygen atoms in total. The van der Waals surface area contributed by atoms with Crippen LogP contribution in [-0.4, -0.2) is 30.9 Å². The van der Waals surface area contributed by atoms with E-state index in [1.807, 2.05) is 24.3 Å². The van der Waals surface area contributed by atoms with E-state index in [1.54, 1.807) is 23.1 Å². The number of hydrogen-bond acceptors (Lipinski definition) is 4. The smallest absolute Gasteiger partial charge is 0.262 e. The highest BCUT2D eigenvalue weighted by Gasteiger charge is 2.36. The van der Waals surface area contributed by atoms with Crippen LogP contribution in [0.5, 0.6) is 5.75 Å². The van der Waals surface area contributed by atoms with Crippen molar-refractivity contribution in [3.05, 3.63) is 48.0 Å². The molecule has 7 heteroatoms. The Morgan fingerprint density at radius 2 is 2.07 bits per heavy atom. The van der Waals surface area contributed by atoms with Gasteiger partial charge < -0.3 is 20.3 Å². The normalized spacial score (nSPS) is 19.0. The molecule has 2 unspecified atom stereocenters. The summed E-state index contributed by atoms with van der Waals surface area (Å²) in [5.41, 5.74) is 3.09. The largest absolute Gasteiger partial charge is 0.482 e. The first-order valence-corrected chi connectivity index (χ1v) is 10.2. The minimum absolute atomic E-state index is 0.0170. The zero-order valence-corrected chi connectivity index (χ0v) is 17.1. The summed E-state index contributed by atoms with van der Waals surface area (Å²) < 4.78 is 5.34. The van der Waals surface area contributed by atoms with E-state index >= 15 is 0 Å². The molecule has 1 saturated heterocycles. The molecule has 0 saturated carbocycles. The second kappa shape index (κ2) is 8.18. The number of nitrogens with zero attached hydrogens (tertiary/aromatic N) is 1. The van der Waals surface area contributed by atoms with Gasteiger partial charge in [-0.25, -0.2) is 0 Å². The maximum absolute atomic E-state index is 12.8. The first-order valence-electron chi connectivity index (χ1n) is 10.2. The molecule has 2 atom stereocenters. The van der Waals surface area contributed by atoms with Crippen molar-refractivity contribution in [3.63, 3.8) is 0 Å². The van der Waals surface area contributed by atoms with E-state index in [2.05, 4.69) is 24.5 Å². The monoisotopic (exact) mass is 407 g/mol. The van der Waals surface area contributed by atoms with Gasteiger partial charge in [0, 0.05) is 24.3 Å². The van der Waals surface area contributed by atoms with Crippen LogP contribution in [-0.2, 0) is 14.4 Å². The molecule has 2 aromatic rings. The van der Waals surface area contributed by atoms with Crippen molar-refractivity contribution in [2.45, 2.75) is 32.6 Å². The van der Waals surface area contributed by atoms with E-state index in [4.69, 9.17) is 4.74 Å². The van der Waals surface area contributed by atoms with Gasteiger partial charge in [0.25, 0.3) is 5.91 Å². The van der Waals surface area contributed by atoms with Crippen molar-refractivity contribution >= 4 is 34.8 Å². The zero-order valence-electron chi connectivity index (χ0n) is 17.1. The van der Waals surface area contributed by atoms with E-state index < -0.39 is 5.92 Å². The number of carbonyl (C=O) groups is 3. The topological polar surface area (TPSA) is 87.7 Å². The van der Waals surface area contributed by atoms with Crippen LogP contribution >= 0.6 is 0 Å². The number of benzene rings is 2. The van der Waals surface area contributed by atoms with Gasteiger partial charge in [0.05, 0.1) is 11.6 Å². The molecule has 0 bridgehead atoms. The van der Waals surface area contributed by atoms with Gasteiger partial charge in [-0.3, -0.25) is 14.4 Å². The number of rotatable bonds is 5. The molecule has 0 aliphatic carbocycles. The predicted octanol–water partition coefficient (Wildman–Crippen LogP) is 3.52. The van der Waals surface area contributed by atoms with Crippen LogP contribution in [0.4, 0.5) is 17.1 Å². The Hall–Kier alpha value is -3.35. The van der Waals surface area contributed by atoms with Gasteiger partial charge >= 0.3 is 0 Å². The van der Waals surface area contributed by atoms with Crippen molar-refractivity contribution in [1.82, 2.24) is 0 Å². The van der Waals surface area contributed by atoms with Crippen molar-refractivity contribution < 1.29 is 19.1 Å². The van der Waals surface area contributed by atoms with E-state index in [1.165, 1.54) is 0 Å². The van der Waals surface area contributed by atoms with E-state index in [9.17, 15) is 14.4 Å². The molecule has 30 heavy (non-hydrogen) atoms.